The molecule has 5 nitrogen and oxygen atoms in total. The summed E-state index contributed by atoms with van der Waals surface area (Å²) in [5.74, 6) is -0.437. The van der Waals surface area contributed by atoms with Gasteiger partial charge in [-0.2, -0.15) is 0 Å². The van der Waals surface area contributed by atoms with E-state index in [4.69, 9.17) is 16.3 Å². The first kappa shape index (κ1) is 17.5. The maximum Gasteiger partial charge on any atom is 0.339 e. The van der Waals surface area contributed by atoms with Gasteiger partial charge in [-0.1, -0.05) is 23.7 Å². The molecule has 1 N–H and O–H groups in total. The van der Waals surface area contributed by atoms with E-state index in [2.05, 4.69) is 4.98 Å². The molecule has 0 fully saturated rings. The van der Waals surface area contributed by atoms with E-state index in [0.29, 0.717) is 27.6 Å². The molecule has 3 aromatic rings. The van der Waals surface area contributed by atoms with Crippen LogP contribution >= 0.6 is 28.6 Å². The summed E-state index contributed by atoms with van der Waals surface area (Å²) in [6.45, 7) is -0.205. The molecule has 0 aliphatic rings. The number of hydrogen-bond acceptors (Lipinski definition) is 4. The number of halogens is 2. The summed E-state index contributed by atoms with van der Waals surface area (Å²) in [5, 5.41) is 10.3. The van der Waals surface area contributed by atoms with Gasteiger partial charge in [0.05, 0.1) is 30.7 Å². The van der Waals surface area contributed by atoms with Gasteiger partial charge in [0.15, 0.2) is 0 Å². The first-order chi connectivity index (χ1) is 10.6. The van der Waals surface area contributed by atoms with E-state index >= 15 is 0 Å². The van der Waals surface area contributed by atoms with Crippen molar-refractivity contribution in [2.24, 2.45) is 0 Å². The predicted octanol–water partition coefficient (Wildman–Crippen LogP) is 3.51. The Kier molecular flexibility index (Phi) is 5.41. The third kappa shape index (κ3) is 3.24. The smallest absolute Gasteiger partial charge is 0.339 e. The minimum absolute atomic E-state index is 0. The average Bonchev–Trinajstić information content (AvgIpc) is 2.92. The Hall–Kier alpha value is -1.89. The summed E-state index contributed by atoms with van der Waals surface area (Å²) in [5.41, 5.74) is 3.13. The molecule has 0 aliphatic carbocycles. The molecule has 23 heavy (non-hydrogen) atoms. The number of aliphatic hydroxyl groups is 1. The Morgan fingerprint density at radius 2 is 1.96 bits per heavy atom. The van der Waals surface area contributed by atoms with Crippen molar-refractivity contribution in [1.82, 2.24) is 9.38 Å². The van der Waals surface area contributed by atoms with Crippen LogP contribution < -0.4 is 0 Å². The first-order valence-electron chi connectivity index (χ1n) is 6.60. The molecule has 0 radical (unpaired) electrons. The molecule has 0 bridgehead atoms. The molecule has 0 spiro atoms. The number of benzene rings is 1. The van der Waals surface area contributed by atoms with Crippen LogP contribution in [0.5, 0.6) is 0 Å². The number of aromatic nitrogens is 2. The fourth-order valence-corrected chi connectivity index (χ4v) is 2.45. The van der Waals surface area contributed by atoms with Crippen molar-refractivity contribution in [1.29, 1.82) is 0 Å². The van der Waals surface area contributed by atoms with E-state index in [9.17, 15) is 9.90 Å². The molecule has 0 saturated carbocycles. The van der Waals surface area contributed by atoms with E-state index in [0.717, 1.165) is 5.56 Å². The normalized spacial score (nSPS) is 10.4. The number of esters is 1. The van der Waals surface area contributed by atoms with Crippen LogP contribution in [-0.4, -0.2) is 27.6 Å². The zero-order chi connectivity index (χ0) is 15.7. The Morgan fingerprint density at radius 1 is 1.26 bits per heavy atom. The summed E-state index contributed by atoms with van der Waals surface area (Å²) in [6.07, 6.45) is 1.61. The number of imidazole rings is 1. The number of carbonyl (C=O) groups is 1. The minimum atomic E-state index is -0.437. The molecule has 2 heterocycles. The molecule has 7 heteroatoms. The Labute approximate surface area is 148 Å². The van der Waals surface area contributed by atoms with Gasteiger partial charge in [0, 0.05) is 16.8 Å². The van der Waals surface area contributed by atoms with Gasteiger partial charge in [0.2, 0.25) is 0 Å². The summed E-state index contributed by atoms with van der Waals surface area (Å²) in [4.78, 5) is 16.2. The lowest BCUT2D eigenvalue weighted by Crippen LogP contribution is -2.04. The fraction of sp³-hybridized carbons (Fsp3) is 0.125. The molecule has 0 saturated heterocycles. The largest absolute Gasteiger partial charge is 0.465 e. The molecule has 0 unspecified atom stereocenters. The molecular formula is C16H14BrClN2O3. The second-order valence-electron chi connectivity index (χ2n) is 4.71. The predicted molar refractivity (Wildman–Crippen MR) is 93.2 cm³/mol. The van der Waals surface area contributed by atoms with Gasteiger partial charge in [0.1, 0.15) is 5.65 Å². The standard InChI is InChI=1S/C16H13ClN2O3.BrH/c1-22-16(21)11-4-7-14-18-15(13(9-20)19(14)8-11)10-2-5-12(17)6-3-10;/h2-8,20H,9H2,1H3;1H. The summed E-state index contributed by atoms with van der Waals surface area (Å²) in [6, 6.07) is 10.6. The molecule has 0 aliphatic heterocycles. The maximum atomic E-state index is 11.6. The second kappa shape index (κ2) is 7.12. The Balaban J connectivity index is 0.00000192. The van der Waals surface area contributed by atoms with Gasteiger partial charge in [0.25, 0.3) is 0 Å². The van der Waals surface area contributed by atoms with E-state index < -0.39 is 5.97 Å². The zero-order valence-electron chi connectivity index (χ0n) is 12.2. The quantitative estimate of drug-likeness (QED) is 0.687. The summed E-state index contributed by atoms with van der Waals surface area (Å²) >= 11 is 5.90. The summed E-state index contributed by atoms with van der Waals surface area (Å²) in [7, 11) is 1.33. The number of carbonyl (C=O) groups excluding carboxylic acids is 1. The van der Waals surface area contributed by atoms with Crippen molar-refractivity contribution in [2.75, 3.05) is 7.11 Å². The lowest BCUT2D eigenvalue weighted by atomic mass is 10.1. The number of fused-ring (bicyclic) bond motifs is 1. The Morgan fingerprint density at radius 3 is 2.57 bits per heavy atom. The summed E-state index contributed by atoms with van der Waals surface area (Å²) < 4.78 is 6.40. The Bertz CT molecular complexity index is 846. The monoisotopic (exact) mass is 396 g/mol. The highest BCUT2D eigenvalue weighted by Crippen LogP contribution is 2.26. The van der Waals surface area contributed by atoms with Crippen LogP contribution in [0.25, 0.3) is 16.9 Å². The van der Waals surface area contributed by atoms with Gasteiger partial charge in [-0.15, -0.1) is 17.0 Å². The van der Waals surface area contributed by atoms with Crippen molar-refractivity contribution < 1.29 is 14.6 Å². The topological polar surface area (TPSA) is 63.8 Å². The molecule has 120 valence electrons. The van der Waals surface area contributed by atoms with Crippen LogP contribution in [0.4, 0.5) is 0 Å². The van der Waals surface area contributed by atoms with Crippen LogP contribution in [-0.2, 0) is 11.3 Å². The van der Waals surface area contributed by atoms with E-state index in [1.807, 2.05) is 12.1 Å². The molecule has 0 amide bonds. The highest BCUT2D eigenvalue weighted by atomic mass is 79.9. The lowest BCUT2D eigenvalue weighted by Gasteiger charge is -2.04. The minimum Gasteiger partial charge on any atom is -0.465 e. The number of aliphatic hydroxyl groups excluding tert-OH is 1. The second-order valence-corrected chi connectivity index (χ2v) is 5.15. The number of ether oxygens (including phenoxy) is 1. The highest BCUT2D eigenvalue weighted by molar-refractivity contribution is 8.93. The zero-order valence-corrected chi connectivity index (χ0v) is 14.7. The number of rotatable bonds is 3. The van der Waals surface area contributed by atoms with Gasteiger partial charge >= 0.3 is 5.97 Å². The van der Waals surface area contributed by atoms with E-state index in [1.54, 1.807) is 34.9 Å². The molecular weight excluding hydrogens is 384 g/mol. The van der Waals surface area contributed by atoms with Crippen molar-refractivity contribution in [3.8, 4) is 11.3 Å². The third-order valence-electron chi connectivity index (χ3n) is 3.41. The number of pyridine rings is 1. The van der Waals surface area contributed by atoms with E-state index in [-0.39, 0.29) is 23.6 Å². The number of nitrogens with zero attached hydrogens (tertiary/aromatic N) is 2. The van der Waals surface area contributed by atoms with Crippen LogP contribution in [0.15, 0.2) is 42.6 Å². The molecule has 3 rings (SSSR count). The van der Waals surface area contributed by atoms with Gasteiger partial charge in [-0.25, -0.2) is 9.78 Å². The molecule has 1 aromatic carbocycles. The van der Waals surface area contributed by atoms with E-state index in [1.165, 1.54) is 7.11 Å². The van der Waals surface area contributed by atoms with Gasteiger partial charge in [-0.3, -0.25) is 0 Å². The third-order valence-corrected chi connectivity index (χ3v) is 3.66. The molecule has 2 aromatic heterocycles. The highest BCUT2D eigenvalue weighted by Gasteiger charge is 2.15. The van der Waals surface area contributed by atoms with Crippen molar-refractivity contribution in [3.63, 3.8) is 0 Å². The maximum absolute atomic E-state index is 11.6. The first-order valence-corrected chi connectivity index (χ1v) is 6.98. The number of hydrogen-bond donors (Lipinski definition) is 1. The van der Waals surface area contributed by atoms with Crippen LogP contribution in [0.1, 0.15) is 16.1 Å². The van der Waals surface area contributed by atoms with Gasteiger partial charge < -0.3 is 14.2 Å². The van der Waals surface area contributed by atoms with Crippen molar-refractivity contribution in [3.05, 3.63) is 58.9 Å². The lowest BCUT2D eigenvalue weighted by molar-refractivity contribution is 0.0600. The SMILES string of the molecule is Br.COC(=O)c1ccc2nc(-c3ccc(Cl)cc3)c(CO)n2c1. The fourth-order valence-electron chi connectivity index (χ4n) is 2.32. The van der Waals surface area contributed by atoms with Crippen molar-refractivity contribution in [2.45, 2.75) is 6.61 Å². The van der Waals surface area contributed by atoms with Crippen LogP contribution in [0.3, 0.4) is 0 Å². The van der Waals surface area contributed by atoms with Crippen molar-refractivity contribution >= 4 is 40.2 Å². The van der Waals surface area contributed by atoms with Crippen LogP contribution in [0.2, 0.25) is 5.02 Å². The van der Waals surface area contributed by atoms with Gasteiger partial charge in [-0.05, 0) is 24.3 Å². The number of methoxy groups -OCH3 is 1. The molecule has 0 atom stereocenters. The van der Waals surface area contributed by atoms with Crippen LogP contribution in [0, 0.1) is 0 Å². The average molecular weight is 398 g/mol.